The maximum absolute atomic E-state index is 12.4. The van der Waals surface area contributed by atoms with Crippen LogP contribution in [0.25, 0.3) is 0 Å². The number of carbonyl (C=O) groups is 1. The third-order valence-electron chi connectivity index (χ3n) is 4.56. The molecule has 1 saturated carbocycles. The molecule has 0 heterocycles. The van der Waals surface area contributed by atoms with E-state index in [0.717, 1.165) is 37.7 Å². The molecule has 0 bridgehead atoms. The van der Waals surface area contributed by atoms with E-state index in [1.165, 1.54) is 17.5 Å². The second-order valence-electron chi connectivity index (χ2n) is 5.86. The van der Waals surface area contributed by atoms with Gasteiger partial charge in [-0.3, -0.25) is 4.79 Å². The first-order valence-electron chi connectivity index (χ1n) is 7.37. The van der Waals surface area contributed by atoms with Gasteiger partial charge in [-0.2, -0.15) is 0 Å². The minimum absolute atomic E-state index is 0.00727. The molecule has 4 heteroatoms. The predicted molar refractivity (Wildman–Crippen MR) is 83.8 cm³/mol. The quantitative estimate of drug-likeness (QED) is 0.840. The fraction of sp³-hybridized carbons (Fsp3) is 0.500. The molecule has 1 aromatic rings. The normalized spacial score (nSPS) is 24.4. The van der Waals surface area contributed by atoms with Gasteiger partial charge in [0.25, 0.3) is 5.91 Å². The van der Waals surface area contributed by atoms with Crippen molar-refractivity contribution in [2.24, 2.45) is 11.7 Å². The van der Waals surface area contributed by atoms with Crippen LogP contribution in [0.1, 0.15) is 47.2 Å². The number of fused-ring (bicyclic) bond motifs is 1. The topological polar surface area (TPSA) is 55.1 Å². The lowest BCUT2D eigenvalue weighted by Gasteiger charge is -2.20. The number of carbonyl (C=O) groups excluding carboxylic acids is 1. The molecule has 2 aliphatic carbocycles. The van der Waals surface area contributed by atoms with Gasteiger partial charge in [0.15, 0.2) is 0 Å². The summed E-state index contributed by atoms with van der Waals surface area (Å²) in [4.78, 5) is 12.9. The Hall–Kier alpha value is -1.42. The molecular weight excluding hydrogens is 268 g/mol. The van der Waals surface area contributed by atoms with E-state index in [1.54, 1.807) is 0 Å². The molecule has 106 valence electrons. The Morgan fingerprint density at radius 1 is 1.20 bits per heavy atom. The van der Waals surface area contributed by atoms with E-state index < -0.39 is 0 Å². The van der Waals surface area contributed by atoms with Gasteiger partial charge in [0.05, 0.1) is 4.99 Å². The maximum Gasteiger partial charge on any atom is 0.251 e. The Kier molecular flexibility index (Phi) is 3.74. The van der Waals surface area contributed by atoms with E-state index >= 15 is 0 Å². The van der Waals surface area contributed by atoms with Crippen molar-refractivity contribution in [2.45, 2.75) is 44.6 Å². The smallest absolute Gasteiger partial charge is 0.251 e. The fourth-order valence-corrected chi connectivity index (χ4v) is 3.72. The minimum atomic E-state index is 0.00727. The van der Waals surface area contributed by atoms with Crippen LogP contribution in [-0.4, -0.2) is 16.9 Å². The molecule has 2 atom stereocenters. The standard InChI is InChI=1S/C16H20N2OS/c17-15(20)13-5-2-6-14(13)18-16(19)12-8-7-10-3-1-4-11(10)9-12/h7-9,13-14H,1-6H2,(H2,17,20)(H,18,19). The van der Waals surface area contributed by atoms with Gasteiger partial charge in [0.2, 0.25) is 0 Å². The largest absolute Gasteiger partial charge is 0.393 e. The van der Waals surface area contributed by atoms with Gasteiger partial charge in [0, 0.05) is 17.5 Å². The lowest BCUT2D eigenvalue weighted by atomic mass is 10.0. The minimum Gasteiger partial charge on any atom is -0.393 e. The van der Waals surface area contributed by atoms with Crippen molar-refractivity contribution < 1.29 is 4.79 Å². The zero-order valence-electron chi connectivity index (χ0n) is 11.5. The van der Waals surface area contributed by atoms with Gasteiger partial charge in [-0.15, -0.1) is 0 Å². The average Bonchev–Trinajstić information content (AvgIpc) is 3.05. The summed E-state index contributed by atoms with van der Waals surface area (Å²) in [5.74, 6) is 0.163. The molecule has 1 fully saturated rings. The molecule has 20 heavy (non-hydrogen) atoms. The highest BCUT2D eigenvalue weighted by molar-refractivity contribution is 7.80. The van der Waals surface area contributed by atoms with Gasteiger partial charge >= 0.3 is 0 Å². The molecule has 0 aliphatic heterocycles. The summed E-state index contributed by atoms with van der Waals surface area (Å²) < 4.78 is 0. The van der Waals surface area contributed by atoms with Crippen molar-refractivity contribution in [3.63, 3.8) is 0 Å². The highest BCUT2D eigenvalue weighted by atomic mass is 32.1. The highest BCUT2D eigenvalue weighted by Crippen LogP contribution is 2.27. The zero-order chi connectivity index (χ0) is 14.1. The van der Waals surface area contributed by atoms with Crippen molar-refractivity contribution in [3.05, 3.63) is 34.9 Å². The number of hydrogen-bond acceptors (Lipinski definition) is 2. The molecule has 3 N–H and O–H groups in total. The number of amides is 1. The monoisotopic (exact) mass is 288 g/mol. The molecular formula is C16H20N2OS. The van der Waals surface area contributed by atoms with Crippen molar-refractivity contribution in [1.82, 2.24) is 5.32 Å². The van der Waals surface area contributed by atoms with E-state index in [1.807, 2.05) is 12.1 Å². The second kappa shape index (κ2) is 5.52. The van der Waals surface area contributed by atoms with Crippen LogP contribution in [0, 0.1) is 5.92 Å². The number of thiocarbonyl (C=S) groups is 1. The van der Waals surface area contributed by atoms with Gasteiger partial charge in [-0.05, 0) is 55.4 Å². The molecule has 1 amide bonds. The van der Waals surface area contributed by atoms with Gasteiger partial charge in [0.1, 0.15) is 0 Å². The fourth-order valence-electron chi connectivity index (χ4n) is 3.44. The summed E-state index contributed by atoms with van der Waals surface area (Å²) in [7, 11) is 0. The van der Waals surface area contributed by atoms with Crippen molar-refractivity contribution >= 4 is 23.1 Å². The summed E-state index contributed by atoms with van der Waals surface area (Å²) in [5.41, 5.74) is 9.24. The van der Waals surface area contributed by atoms with Crippen LogP contribution in [0.3, 0.4) is 0 Å². The summed E-state index contributed by atoms with van der Waals surface area (Å²) in [6, 6.07) is 6.18. The Balaban J connectivity index is 1.71. The number of aryl methyl sites for hydroxylation is 2. The second-order valence-corrected chi connectivity index (χ2v) is 6.33. The average molecular weight is 288 g/mol. The van der Waals surface area contributed by atoms with Crippen LogP contribution in [0.15, 0.2) is 18.2 Å². The number of rotatable bonds is 3. The predicted octanol–water partition coefficient (Wildman–Crippen LogP) is 2.36. The third kappa shape index (κ3) is 2.57. The molecule has 3 rings (SSSR count). The Morgan fingerprint density at radius 3 is 2.80 bits per heavy atom. The molecule has 0 spiro atoms. The van der Waals surface area contributed by atoms with E-state index in [4.69, 9.17) is 18.0 Å². The Morgan fingerprint density at radius 2 is 2.00 bits per heavy atom. The number of benzene rings is 1. The van der Waals surface area contributed by atoms with Crippen LogP contribution in [0.4, 0.5) is 0 Å². The van der Waals surface area contributed by atoms with Crippen LogP contribution < -0.4 is 11.1 Å². The van der Waals surface area contributed by atoms with E-state index in [2.05, 4.69) is 11.4 Å². The summed E-state index contributed by atoms with van der Waals surface area (Å²) in [6.07, 6.45) is 6.48. The lowest BCUT2D eigenvalue weighted by molar-refractivity contribution is 0.0933. The first kappa shape index (κ1) is 13.6. The van der Waals surface area contributed by atoms with Crippen molar-refractivity contribution in [2.75, 3.05) is 0 Å². The van der Waals surface area contributed by atoms with Crippen LogP contribution in [0.2, 0.25) is 0 Å². The van der Waals surface area contributed by atoms with Crippen LogP contribution in [-0.2, 0) is 12.8 Å². The van der Waals surface area contributed by atoms with Crippen LogP contribution in [0.5, 0.6) is 0 Å². The molecule has 0 radical (unpaired) electrons. The summed E-state index contributed by atoms with van der Waals surface area (Å²) in [6.45, 7) is 0. The van der Waals surface area contributed by atoms with Gasteiger partial charge in [-0.1, -0.05) is 24.7 Å². The zero-order valence-corrected chi connectivity index (χ0v) is 12.3. The van der Waals surface area contributed by atoms with E-state index in [0.29, 0.717) is 4.99 Å². The molecule has 0 saturated heterocycles. The van der Waals surface area contributed by atoms with Gasteiger partial charge < -0.3 is 11.1 Å². The lowest BCUT2D eigenvalue weighted by Crippen LogP contribution is -2.41. The van der Waals surface area contributed by atoms with E-state index in [9.17, 15) is 4.79 Å². The molecule has 3 nitrogen and oxygen atoms in total. The molecule has 0 aromatic heterocycles. The Labute approximate surface area is 124 Å². The first-order valence-corrected chi connectivity index (χ1v) is 7.78. The van der Waals surface area contributed by atoms with E-state index in [-0.39, 0.29) is 17.9 Å². The third-order valence-corrected chi connectivity index (χ3v) is 4.86. The van der Waals surface area contributed by atoms with Crippen molar-refractivity contribution in [3.8, 4) is 0 Å². The summed E-state index contributed by atoms with van der Waals surface area (Å²) >= 11 is 5.09. The summed E-state index contributed by atoms with van der Waals surface area (Å²) in [5, 5.41) is 3.11. The van der Waals surface area contributed by atoms with Crippen LogP contribution >= 0.6 is 12.2 Å². The number of nitrogens with one attached hydrogen (secondary N) is 1. The van der Waals surface area contributed by atoms with Gasteiger partial charge in [-0.25, -0.2) is 0 Å². The maximum atomic E-state index is 12.4. The van der Waals surface area contributed by atoms with Crippen molar-refractivity contribution in [1.29, 1.82) is 0 Å². The SMILES string of the molecule is NC(=S)C1CCCC1NC(=O)c1ccc2c(c1)CCC2. The highest BCUT2D eigenvalue weighted by Gasteiger charge is 2.30. The molecule has 1 aromatic carbocycles. The molecule has 2 aliphatic rings. The molecule has 2 unspecified atom stereocenters. The number of nitrogens with two attached hydrogens (primary N) is 1. The Bertz CT molecular complexity index is 555. The number of hydrogen-bond donors (Lipinski definition) is 2. The first-order chi connectivity index (χ1) is 9.65.